The van der Waals surface area contributed by atoms with Crippen molar-refractivity contribution in [1.29, 1.82) is 0 Å². The van der Waals surface area contributed by atoms with E-state index in [-0.39, 0.29) is 0 Å². The third-order valence-corrected chi connectivity index (χ3v) is 3.34. The van der Waals surface area contributed by atoms with E-state index in [0.717, 1.165) is 42.1 Å². The van der Waals surface area contributed by atoms with Gasteiger partial charge in [0.05, 0.1) is 11.2 Å². The summed E-state index contributed by atoms with van der Waals surface area (Å²) in [5.41, 5.74) is 8.90. The van der Waals surface area contributed by atoms with E-state index in [9.17, 15) is 0 Å². The first-order valence-corrected chi connectivity index (χ1v) is 6.90. The molecule has 2 N–H and O–H groups in total. The number of hydrogen-bond donors (Lipinski definition) is 1. The van der Waals surface area contributed by atoms with Crippen molar-refractivity contribution in [2.45, 2.75) is 32.7 Å². The molecular formula is C15H24N4. The third-order valence-electron chi connectivity index (χ3n) is 3.34. The molecule has 4 heteroatoms. The zero-order chi connectivity index (χ0) is 14.0. The average molecular weight is 260 g/mol. The van der Waals surface area contributed by atoms with Crippen LogP contribution in [0.2, 0.25) is 0 Å². The molecule has 0 amide bonds. The fraction of sp³-hybridized carbons (Fsp3) is 0.533. The molecule has 0 atom stereocenters. The molecule has 0 unspecified atom stereocenters. The number of fused-ring (bicyclic) bond motifs is 1. The zero-order valence-electron chi connectivity index (χ0n) is 12.3. The van der Waals surface area contributed by atoms with Crippen LogP contribution in [0, 0.1) is 0 Å². The van der Waals surface area contributed by atoms with Crippen LogP contribution >= 0.6 is 0 Å². The lowest BCUT2D eigenvalue weighted by atomic mass is 10.2. The Balaban J connectivity index is 2.38. The fourth-order valence-corrected chi connectivity index (χ4v) is 2.41. The SMILES string of the molecule is CC(C)c1nc2c(N)cccc2n1CCCN(C)C. The Morgan fingerprint density at radius 1 is 1.32 bits per heavy atom. The minimum absolute atomic E-state index is 0.408. The van der Waals surface area contributed by atoms with E-state index in [4.69, 9.17) is 10.7 Å². The van der Waals surface area contributed by atoms with Gasteiger partial charge in [0.2, 0.25) is 0 Å². The molecule has 0 aliphatic carbocycles. The number of nitrogen functional groups attached to an aromatic ring is 1. The molecule has 1 aromatic carbocycles. The topological polar surface area (TPSA) is 47.1 Å². The molecule has 2 rings (SSSR count). The molecule has 1 aromatic heterocycles. The molecule has 19 heavy (non-hydrogen) atoms. The van der Waals surface area contributed by atoms with Crippen molar-refractivity contribution in [3.63, 3.8) is 0 Å². The maximum Gasteiger partial charge on any atom is 0.112 e. The predicted molar refractivity (Wildman–Crippen MR) is 81.4 cm³/mol. The van der Waals surface area contributed by atoms with Crippen LogP contribution in [-0.2, 0) is 6.54 Å². The smallest absolute Gasteiger partial charge is 0.112 e. The molecule has 1 heterocycles. The van der Waals surface area contributed by atoms with Crippen LogP contribution in [0.5, 0.6) is 0 Å². The van der Waals surface area contributed by atoms with Crippen LogP contribution in [-0.4, -0.2) is 35.1 Å². The van der Waals surface area contributed by atoms with Crippen molar-refractivity contribution in [3.8, 4) is 0 Å². The van der Waals surface area contributed by atoms with Gasteiger partial charge in [-0.25, -0.2) is 4.98 Å². The molecule has 2 aromatic rings. The summed E-state index contributed by atoms with van der Waals surface area (Å²) >= 11 is 0. The Kier molecular flexibility index (Phi) is 4.10. The first kappa shape index (κ1) is 13.9. The minimum atomic E-state index is 0.408. The molecule has 0 spiro atoms. The summed E-state index contributed by atoms with van der Waals surface area (Å²) in [6.45, 7) is 6.44. The standard InChI is InChI=1S/C15H24N4/c1-11(2)15-17-14-12(16)7-5-8-13(14)19(15)10-6-9-18(3)4/h5,7-8,11H,6,9-10,16H2,1-4H3. The summed E-state index contributed by atoms with van der Waals surface area (Å²) < 4.78 is 2.32. The van der Waals surface area contributed by atoms with Gasteiger partial charge < -0.3 is 15.2 Å². The number of benzene rings is 1. The van der Waals surface area contributed by atoms with Crippen LogP contribution in [0.25, 0.3) is 11.0 Å². The van der Waals surface area contributed by atoms with Gasteiger partial charge in [0.25, 0.3) is 0 Å². The lowest BCUT2D eigenvalue weighted by molar-refractivity contribution is 0.385. The second-order valence-electron chi connectivity index (χ2n) is 5.65. The maximum absolute atomic E-state index is 6.03. The van der Waals surface area contributed by atoms with Crippen molar-refractivity contribution < 1.29 is 0 Å². The summed E-state index contributed by atoms with van der Waals surface area (Å²) in [5, 5.41) is 0. The number of nitrogens with two attached hydrogens (primary N) is 1. The monoisotopic (exact) mass is 260 g/mol. The van der Waals surface area contributed by atoms with Crippen molar-refractivity contribution in [1.82, 2.24) is 14.5 Å². The highest BCUT2D eigenvalue weighted by atomic mass is 15.1. The zero-order valence-corrected chi connectivity index (χ0v) is 12.3. The molecular weight excluding hydrogens is 236 g/mol. The number of para-hydroxylation sites is 1. The summed E-state index contributed by atoms with van der Waals surface area (Å²) in [6, 6.07) is 6.04. The second kappa shape index (κ2) is 5.61. The molecule has 0 saturated carbocycles. The van der Waals surface area contributed by atoms with Crippen LogP contribution in [0.4, 0.5) is 5.69 Å². The van der Waals surface area contributed by atoms with E-state index in [0.29, 0.717) is 5.92 Å². The quantitative estimate of drug-likeness (QED) is 0.841. The second-order valence-corrected chi connectivity index (χ2v) is 5.65. The van der Waals surface area contributed by atoms with Gasteiger partial charge in [0.1, 0.15) is 11.3 Å². The first-order chi connectivity index (χ1) is 9.00. The van der Waals surface area contributed by atoms with Crippen molar-refractivity contribution in [3.05, 3.63) is 24.0 Å². The molecule has 104 valence electrons. The Labute approximate surface area is 115 Å². The Bertz CT molecular complexity index is 555. The van der Waals surface area contributed by atoms with Gasteiger partial charge in [-0.1, -0.05) is 19.9 Å². The van der Waals surface area contributed by atoms with Gasteiger partial charge in [-0.2, -0.15) is 0 Å². The van der Waals surface area contributed by atoms with Crippen LogP contribution in [0.3, 0.4) is 0 Å². The lowest BCUT2D eigenvalue weighted by Crippen LogP contribution is -2.16. The van der Waals surface area contributed by atoms with Crippen LogP contribution in [0.15, 0.2) is 18.2 Å². The molecule has 0 fully saturated rings. The summed E-state index contributed by atoms with van der Waals surface area (Å²) in [4.78, 5) is 6.94. The molecule has 0 radical (unpaired) electrons. The average Bonchev–Trinajstić information content (AvgIpc) is 2.70. The maximum atomic E-state index is 6.03. The van der Waals surface area contributed by atoms with Gasteiger partial charge in [-0.15, -0.1) is 0 Å². The lowest BCUT2D eigenvalue weighted by Gasteiger charge is -2.13. The number of imidazole rings is 1. The number of anilines is 1. The number of nitrogens with zero attached hydrogens (tertiary/aromatic N) is 3. The molecule has 4 nitrogen and oxygen atoms in total. The number of hydrogen-bond acceptors (Lipinski definition) is 3. The van der Waals surface area contributed by atoms with E-state index in [1.54, 1.807) is 0 Å². The molecule has 0 saturated heterocycles. The van der Waals surface area contributed by atoms with E-state index < -0.39 is 0 Å². The van der Waals surface area contributed by atoms with E-state index in [1.165, 1.54) is 0 Å². The Morgan fingerprint density at radius 2 is 2.05 bits per heavy atom. The number of aromatic nitrogens is 2. The van der Waals surface area contributed by atoms with Crippen molar-refractivity contribution in [2.24, 2.45) is 0 Å². The summed E-state index contributed by atoms with van der Waals surface area (Å²) in [6.07, 6.45) is 1.12. The summed E-state index contributed by atoms with van der Waals surface area (Å²) in [5.74, 6) is 1.54. The highest BCUT2D eigenvalue weighted by Gasteiger charge is 2.14. The highest BCUT2D eigenvalue weighted by Crippen LogP contribution is 2.25. The molecule has 0 bridgehead atoms. The first-order valence-electron chi connectivity index (χ1n) is 6.90. The Morgan fingerprint density at radius 3 is 2.68 bits per heavy atom. The number of aryl methyl sites for hydroxylation is 1. The van der Waals surface area contributed by atoms with E-state index >= 15 is 0 Å². The molecule has 0 aliphatic rings. The third kappa shape index (κ3) is 2.89. The van der Waals surface area contributed by atoms with Gasteiger partial charge in [0, 0.05) is 12.5 Å². The van der Waals surface area contributed by atoms with Crippen molar-refractivity contribution >= 4 is 16.7 Å². The van der Waals surface area contributed by atoms with Gasteiger partial charge in [-0.3, -0.25) is 0 Å². The summed E-state index contributed by atoms with van der Waals surface area (Å²) in [7, 11) is 4.21. The van der Waals surface area contributed by atoms with Gasteiger partial charge >= 0.3 is 0 Å². The van der Waals surface area contributed by atoms with E-state index in [1.807, 2.05) is 12.1 Å². The van der Waals surface area contributed by atoms with E-state index in [2.05, 4.69) is 43.5 Å². The fourth-order valence-electron chi connectivity index (χ4n) is 2.41. The Hall–Kier alpha value is -1.55. The minimum Gasteiger partial charge on any atom is -0.397 e. The van der Waals surface area contributed by atoms with Crippen molar-refractivity contribution in [2.75, 3.05) is 26.4 Å². The molecule has 0 aliphatic heterocycles. The normalized spacial score (nSPS) is 11.9. The highest BCUT2D eigenvalue weighted by molar-refractivity contribution is 5.87. The van der Waals surface area contributed by atoms with Gasteiger partial charge in [-0.05, 0) is 39.2 Å². The predicted octanol–water partition coefficient (Wildman–Crippen LogP) is 2.69. The number of rotatable bonds is 5. The largest absolute Gasteiger partial charge is 0.397 e. The van der Waals surface area contributed by atoms with Gasteiger partial charge in [0.15, 0.2) is 0 Å². The van der Waals surface area contributed by atoms with Crippen LogP contribution < -0.4 is 5.73 Å². The van der Waals surface area contributed by atoms with Crippen LogP contribution in [0.1, 0.15) is 32.0 Å².